The van der Waals surface area contributed by atoms with E-state index in [-0.39, 0.29) is 12.1 Å². The van der Waals surface area contributed by atoms with E-state index in [2.05, 4.69) is 5.32 Å². The molecule has 21 heavy (non-hydrogen) atoms. The van der Waals surface area contributed by atoms with E-state index in [0.29, 0.717) is 26.4 Å². The highest BCUT2D eigenvalue weighted by molar-refractivity contribution is 5.74. The minimum atomic E-state index is -0.130. The lowest BCUT2D eigenvalue weighted by atomic mass is 10.2. The number of methoxy groups -OCH3 is 1. The van der Waals surface area contributed by atoms with Gasteiger partial charge in [0.2, 0.25) is 0 Å². The molecule has 0 saturated heterocycles. The van der Waals surface area contributed by atoms with Crippen LogP contribution in [-0.2, 0) is 11.3 Å². The minimum absolute atomic E-state index is 0.0229. The maximum absolute atomic E-state index is 12.0. The summed E-state index contributed by atoms with van der Waals surface area (Å²) in [5, 5.41) is 2.87. The van der Waals surface area contributed by atoms with Crippen molar-refractivity contribution >= 4 is 6.03 Å². The molecular weight excluding hydrogens is 272 g/mol. The van der Waals surface area contributed by atoms with Gasteiger partial charge in [0.05, 0.1) is 12.6 Å². The second kappa shape index (κ2) is 7.17. The number of benzene rings is 1. The van der Waals surface area contributed by atoms with E-state index in [1.54, 1.807) is 19.1 Å². The third kappa shape index (κ3) is 4.26. The number of amides is 2. The second-order valence-corrected chi connectivity index (χ2v) is 5.14. The van der Waals surface area contributed by atoms with Crippen LogP contribution in [0.5, 0.6) is 11.5 Å². The van der Waals surface area contributed by atoms with Gasteiger partial charge in [-0.05, 0) is 24.6 Å². The van der Waals surface area contributed by atoms with E-state index in [1.807, 2.05) is 25.1 Å². The van der Waals surface area contributed by atoms with E-state index in [1.165, 1.54) is 0 Å². The van der Waals surface area contributed by atoms with Crippen molar-refractivity contribution in [1.29, 1.82) is 0 Å². The molecule has 0 bridgehead atoms. The lowest BCUT2D eigenvalue weighted by Gasteiger charge is -2.23. The summed E-state index contributed by atoms with van der Waals surface area (Å²) in [6.45, 7) is 4.03. The van der Waals surface area contributed by atoms with Crippen LogP contribution in [0.2, 0.25) is 0 Å². The molecule has 0 fully saturated rings. The monoisotopic (exact) mass is 294 g/mol. The number of hydrogen-bond acceptors (Lipinski definition) is 4. The van der Waals surface area contributed by atoms with Crippen molar-refractivity contribution in [2.24, 2.45) is 0 Å². The molecule has 1 aliphatic heterocycles. The quantitative estimate of drug-likeness (QED) is 0.897. The zero-order chi connectivity index (χ0) is 15.2. The van der Waals surface area contributed by atoms with Crippen molar-refractivity contribution in [3.8, 4) is 11.5 Å². The standard InChI is InChI=1S/C15H22N2O4/c1-11(10-19-3)16-15(18)17(2)9-12-4-5-13-14(8-12)21-7-6-20-13/h4-5,8,11H,6-7,9-10H2,1-3H3,(H,16,18). The fourth-order valence-corrected chi connectivity index (χ4v) is 2.14. The molecule has 1 unspecified atom stereocenters. The van der Waals surface area contributed by atoms with Gasteiger partial charge in [-0.3, -0.25) is 0 Å². The average molecular weight is 294 g/mol. The Morgan fingerprint density at radius 3 is 2.81 bits per heavy atom. The molecule has 6 nitrogen and oxygen atoms in total. The highest BCUT2D eigenvalue weighted by Crippen LogP contribution is 2.30. The number of carbonyl (C=O) groups is 1. The SMILES string of the molecule is COCC(C)NC(=O)N(C)Cc1ccc2c(c1)OCCO2. The molecule has 2 rings (SSSR count). The van der Waals surface area contributed by atoms with Gasteiger partial charge in [0, 0.05) is 20.7 Å². The molecule has 116 valence electrons. The van der Waals surface area contributed by atoms with Crippen LogP contribution in [0.15, 0.2) is 18.2 Å². The summed E-state index contributed by atoms with van der Waals surface area (Å²) in [6.07, 6.45) is 0. The Kier molecular flexibility index (Phi) is 5.27. The molecule has 1 aromatic carbocycles. The van der Waals surface area contributed by atoms with Crippen molar-refractivity contribution in [2.45, 2.75) is 19.5 Å². The molecule has 1 aliphatic rings. The topological polar surface area (TPSA) is 60.0 Å². The summed E-state index contributed by atoms with van der Waals surface area (Å²) in [4.78, 5) is 13.6. The first-order chi connectivity index (χ1) is 10.1. The number of fused-ring (bicyclic) bond motifs is 1. The van der Waals surface area contributed by atoms with Gasteiger partial charge in [0.15, 0.2) is 11.5 Å². The van der Waals surface area contributed by atoms with Gasteiger partial charge >= 0.3 is 6.03 Å². The number of ether oxygens (including phenoxy) is 3. The van der Waals surface area contributed by atoms with E-state index in [4.69, 9.17) is 14.2 Å². The third-order valence-corrected chi connectivity index (χ3v) is 3.16. The van der Waals surface area contributed by atoms with Crippen LogP contribution in [0.3, 0.4) is 0 Å². The van der Waals surface area contributed by atoms with Crippen LogP contribution in [0.1, 0.15) is 12.5 Å². The summed E-state index contributed by atoms with van der Waals surface area (Å²) >= 11 is 0. The predicted octanol–water partition coefficient (Wildman–Crippen LogP) is 1.63. The summed E-state index contributed by atoms with van der Waals surface area (Å²) in [5.41, 5.74) is 0.997. The highest BCUT2D eigenvalue weighted by Gasteiger charge is 2.15. The van der Waals surface area contributed by atoms with Gasteiger partial charge < -0.3 is 24.4 Å². The number of nitrogens with zero attached hydrogens (tertiary/aromatic N) is 1. The van der Waals surface area contributed by atoms with E-state index >= 15 is 0 Å². The summed E-state index contributed by atoms with van der Waals surface area (Å²) < 4.78 is 16.0. The molecule has 1 heterocycles. The molecule has 0 aromatic heterocycles. The van der Waals surface area contributed by atoms with Crippen LogP contribution in [0.4, 0.5) is 4.79 Å². The van der Waals surface area contributed by atoms with Gasteiger partial charge in [-0.25, -0.2) is 4.79 Å². The van der Waals surface area contributed by atoms with Crippen molar-refractivity contribution < 1.29 is 19.0 Å². The predicted molar refractivity (Wildman–Crippen MR) is 78.8 cm³/mol. The van der Waals surface area contributed by atoms with Crippen molar-refractivity contribution in [3.05, 3.63) is 23.8 Å². The fourth-order valence-electron chi connectivity index (χ4n) is 2.14. The normalized spacial score (nSPS) is 14.4. The minimum Gasteiger partial charge on any atom is -0.486 e. The van der Waals surface area contributed by atoms with E-state index in [9.17, 15) is 4.79 Å². The van der Waals surface area contributed by atoms with E-state index < -0.39 is 0 Å². The van der Waals surface area contributed by atoms with Crippen molar-refractivity contribution in [3.63, 3.8) is 0 Å². The lowest BCUT2D eigenvalue weighted by molar-refractivity contribution is 0.162. The van der Waals surface area contributed by atoms with Gasteiger partial charge in [-0.1, -0.05) is 6.07 Å². The van der Waals surface area contributed by atoms with Crippen molar-refractivity contribution in [1.82, 2.24) is 10.2 Å². The Hall–Kier alpha value is -1.95. The first kappa shape index (κ1) is 15.4. The number of nitrogens with one attached hydrogen (secondary N) is 1. The lowest BCUT2D eigenvalue weighted by Crippen LogP contribution is -2.43. The molecule has 0 aliphatic carbocycles. The molecule has 0 radical (unpaired) electrons. The average Bonchev–Trinajstić information content (AvgIpc) is 2.47. The van der Waals surface area contributed by atoms with Crippen LogP contribution >= 0.6 is 0 Å². The van der Waals surface area contributed by atoms with E-state index in [0.717, 1.165) is 17.1 Å². The Bertz CT molecular complexity index is 493. The zero-order valence-electron chi connectivity index (χ0n) is 12.7. The largest absolute Gasteiger partial charge is 0.486 e. The van der Waals surface area contributed by atoms with Gasteiger partial charge in [-0.2, -0.15) is 0 Å². The maximum Gasteiger partial charge on any atom is 0.317 e. The Morgan fingerprint density at radius 1 is 1.38 bits per heavy atom. The second-order valence-electron chi connectivity index (χ2n) is 5.14. The van der Waals surface area contributed by atoms with Crippen LogP contribution < -0.4 is 14.8 Å². The molecule has 6 heteroatoms. The zero-order valence-corrected chi connectivity index (χ0v) is 12.7. The summed E-state index contributed by atoms with van der Waals surface area (Å²) in [7, 11) is 3.37. The molecule has 0 saturated carbocycles. The van der Waals surface area contributed by atoms with Crippen LogP contribution in [0.25, 0.3) is 0 Å². The van der Waals surface area contributed by atoms with Gasteiger partial charge in [0.1, 0.15) is 13.2 Å². The first-order valence-electron chi connectivity index (χ1n) is 6.99. The van der Waals surface area contributed by atoms with Gasteiger partial charge in [0.25, 0.3) is 0 Å². The number of carbonyl (C=O) groups excluding carboxylic acids is 1. The molecular formula is C15H22N2O4. The Morgan fingerprint density at radius 2 is 2.10 bits per heavy atom. The molecule has 1 atom stereocenters. The molecule has 2 amide bonds. The summed E-state index contributed by atoms with van der Waals surface area (Å²) in [6, 6.07) is 5.58. The number of rotatable bonds is 5. The first-order valence-corrected chi connectivity index (χ1v) is 6.99. The summed E-state index contributed by atoms with van der Waals surface area (Å²) in [5.74, 6) is 1.49. The Labute approximate surface area is 125 Å². The van der Waals surface area contributed by atoms with Gasteiger partial charge in [-0.15, -0.1) is 0 Å². The third-order valence-electron chi connectivity index (χ3n) is 3.16. The smallest absolute Gasteiger partial charge is 0.317 e. The fraction of sp³-hybridized carbons (Fsp3) is 0.533. The number of hydrogen-bond donors (Lipinski definition) is 1. The van der Waals surface area contributed by atoms with Crippen LogP contribution in [0, 0.1) is 0 Å². The van der Waals surface area contributed by atoms with Crippen molar-refractivity contribution in [2.75, 3.05) is 34.0 Å². The number of urea groups is 1. The molecule has 1 aromatic rings. The Balaban J connectivity index is 1.92. The molecule has 1 N–H and O–H groups in total. The highest BCUT2D eigenvalue weighted by atomic mass is 16.6. The maximum atomic E-state index is 12.0. The van der Waals surface area contributed by atoms with Crippen LogP contribution in [-0.4, -0.2) is 51.0 Å². The molecule has 0 spiro atoms.